The monoisotopic (exact) mass is 325 g/mol. The summed E-state index contributed by atoms with van der Waals surface area (Å²) in [5.74, 6) is 0.203. The highest BCUT2D eigenvalue weighted by molar-refractivity contribution is 5.83. The van der Waals surface area contributed by atoms with Crippen LogP contribution in [-0.4, -0.2) is 28.2 Å². The van der Waals surface area contributed by atoms with Crippen molar-refractivity contribution in [3.63, 3.8) is 0 Å². The minimum absolute atomic E-state index is 0.227. The minimum Gasteiger partial charge on any atom is -0.412 e. The molecular weight excluding hydrogens is 305 g/mol. The number of fused-ring (bicyclic) bond motifs is 1. The molecule has 0 bridgehead atoms. The van der Waals surface area contributed by atoms with Crippen LogP contribution in [0.15, 0.2) is 42.6 Å². The Labute approximate surface area is 139 Å². The maximum atomic E-state index is 13.5. The molecule has 0 unspecified atom stereocenters. The van der Waals surface area contributed by atoms with Gasteiger partial charge in [-0.1, -0.05) is 24.3 Å². The summed E-state index contributed by atoms with van der Waals surface area (Å²) in [4.78, 5) is 0.924. The van der Waals surface area contributed by atoms with Crippen LogP contribution < -0.4 is 5.32 Å². The van der Waals surface area contributed by atoms with Gasteiger partial charge in [-0.25, -0.2) is 4.39 Å². The van der Waals surface area contributed by atoms with E-state index < -0.39 is 0 Å². The number of aromatic nitrogens is 2. The summed E-state index contributed by atoms with van der Waals surface area (Å²) in [6, 6.07) is 10.9. The van der Waals surface area contributed by atoms with Crippen molar-refractivity contribution in [2.24, 2.45) is 0 Å². The Bertz CT molecular complexity index is 868. The molecule has 4 nitrogen and oxygen atoms in total. The third-order valence-corrected chi connectivity index (χ3v) is 4.83. The topological polar surface area (TPSA) is 50.1 Å². The Morgan fingerprint density at radius 2 is 1.92 bits per heavy atom. The molecule has 1 fully saturated rings. The molecular formula is C19H20FN3O. The average molecular weight is 325 g/mol. The van der Waals surface area contributed by atoms with Gasteiger partial charge in [0, 0.05) is 12.0 Å². The van der Waals surface area contributed by atoms with E-state index in [0.717, 1.165) is 58.4 Å². The summed E-state index contributed by atoms with van der Waals surface area (Å²) >= 11 is 0. The number of nitrogens with one attached hydrogen (secondary N) is 1. The zero-order chi connectivity index (χ0) is 16.5. The first-order valence-electron chi connectivity index (χ1n) is 8.35. The van der Waals surface area contributed by atoms with Crippen molar-refractivity contribution in [2.45, 2.75) is 25.2 Å². The molecule has 2 aromatic carbocycles. The largest absolute Gasteiger partial charge is 0.412 e. The van der Waals surface area contributed by atoms with Crippen LogP contribution in [0.1, 0.15) is 35.6 Å². The van der Waals surface area contributed by atoms with E-state index in [-0.39, 0.29) is 5.82 Å². The van der Waals surface area contributed by atoms with E-state index in [1.807, 2.05) is 18.2 Å². The Morgan fingerprint density at radius 1 is 1.12 bits per heavy atom. The highest BCUT2D eigenvalue weighted by Crippen LogP contribution is 2.29. The van der Waals surface area contributed by atoms with Crippen molar-refractivity contribution in [1.82, 2.24) is 15.3 Å². The number of nitrogens with zero attached hydrogens (tertiary/aromatic N) is 2. The maximum Gasteiger partial charge on any atom is 0.123 e. The third kappa shape index (κ3) is 2.99. The number of rotatable bonds is 3. The van der Waals surface area contributed by atoms with Crippen molar-refractivity contribution >= 4 is 10.8 Å². The number of halogens is 1. The van der Waals surface area contributed by atoms with E-state index in [9.17, 15) is 9.60 Å². The van der Waals surface area contributed by atoms with Crippen molar-refractivity contribution in [1.29, 1.82) is 0 Å². The Morgan fingerprint density at radius 3 is 2.75 bits per heavy atom. The van der Waals surface area contributed by atoms with Crippen LogP contribution in [-0.2, 0) is 6.42 Å². The van der Waals surface area contributed by atoms with Crippen LogP contribution >= 0.6 is 0 Å². The maximum absolute atomic E-state index is 13.5. The van der Waals surface area contributed by atoms with E-state index in [0.29, 0.717) is 12.3 Å². The summed E-state index contributed by atoms with van der Waals surface area (Å²) in [6.07, 6.45) is 4.48. The van der Waals surface area contributed by atoms with Gasteiger partial charge in [-0.2, -0.15) is 0 Å². The molecule has 0 radical (unpaired) electrons. The molecule has 0 atom stereocenters. The fourth-order valence-electron chi connectivity index (χ4n) is 3.59. The summed E-state index contributed by atoms with van der Waals surface area (Å²) < 4.78 is 13.5. The van der Waals surface area contributed by atoms with Crippen LogP contribution in [0.25, 0.3) is 10.8 Å². The standard InChI is InChI=1S/C19H20FN3O/c20-17-4-3-14-2-1-13(9-16(14)11-17)10-19-18(12-23(24)22-19)15-5-7-21-8-6-15/h1-4,9,11-12,15,21,24H,5-8,10H2. The first-order valence-corrected chi connectivity index (χ1v) is 8.35. The van der Waals surface area contributed by atoms with Gasteiger partial charge in [-0.3, -0.25) is 0 Å². The molecule has 2 N–H and O–H groups in total. The SMILES string of the molecule is On1cc(C2CCNCC2)c(Cc2ccc3ccc(F)cc3c2)n1. The number of hydrogen-bond donors (Lipinski definition) is 2. The molecule has 2 heterocycles. The lowest BCUT2D eigenvalue weighted by molar-refractivity contribution is 0.147. The van der Waals surface area contributed by atoms with Gasteiger partial charge in [0.1, 0.15) is 5.82 Å². The molecule has 0 aliphatic carbocycles. The lowest BCUT2D eigenvalue weighted by Gasteiger charge is -2.22. The highest BCUT2D eigenvalue weighted by atomic mass is 19.1. The van der Waals surface area contributed by atoms with E-state index >= 15 is 0 Å². The number of hydrogen-bond acceptors (Lipinski definition) is 3. The van der Waals surface area contributed by atoms with Crippen LogP contribution in [0, 0.1) is 5.82 Å². The molecule has 3 aromatic rings. The van der Waals surface area contributed by atoms with E-state index in [1.165, 1.54) is 6.07 Å². The van der Waals surface area contributed by atoms with Gasteiger partial charge in [0.15, 0.2) is 0 Å². The smallest absolute Gasteiger partial charge is 0.123 e. The molecule has 24 heavy (non-hydrogen) atoms. The fourth-order valence-corrected chi connectivity index (χ4v) is 3.59. The molecule has 5 heteroatoms. The van der Waals surface area contributed by atoms with Crippen molar-refractivity contribution in [2.75, 3.05) is 13.1 Å². The zero-order valence-corrected chi connectivity index (χ0v) is 13.4. The Balaban J connectivity index is 1.65. The van der Waals surface area contributed by atoms with Crippen LogP contribution in [0.2, 0.25) is 0 Å². The fraction of sp³-hybridized carbons (Fsp3) is 0.316. The molecule has 0 amide bonds. The Kier molecular flexibility index (Phi) is 3.94. The van der Waals surface area contributed by atoms with Gasteiger partial charge >= 0.3 is 0 Å². The van der Waals surface area contributed by atoms with Crippen molar-refractivity contribution in [3.05, 3.63) is 65.2 Å². The molecule has 1 aliphatic heterocycles. The van der Waals surface area contributed by atoms with Gasteiger partial charge in [0.2, 0.25) is 0 Å². The highest BCUT2D eigenvalue weighted by Gasteiger charge is 2.21. The summed E-state index contributed by atoms with van der Waals surface area (Å²) in [5, 5.41) is 19.3. The van der Waals surface area contributed by atoms with E-state index in [1.54, 1.807) is 18.3 Å². The number of piperidine rings is 1. The minimum atomic E-state index is -0.227. The summed E-state index contributed by atoms with van der Waals surface area (Å²) in [6.45, 7) is 1.99. The van der Waals surface area contributed by atoms with Gasteiger partial charge in [-0.15, -0.1) is 9.94 Å². The van der Waals surface area contributed by atoms with Crippen molar-refractivity contribution in [3.8, 4) is 0 Å². The predicted molar refractivity (Wildman–Crippen MR) is 91.0 cm³/mol. The quantitative estimate of drug-likeness (QED) is 0.725. The third-order valence-electron chi connectivity index (χ3n) is 4.83. The zero-order valence-electron chi connectivity index (χ0n) is 13.4. The number of benzene rings is 2. The molecule has 4 rings (SSSR count). The summed E-state index contributed by atoms with van der Waals surface area (Å²) in [7, 11) is 0. The van der Waals surface area contributed by atoms with Gasteiger partial charge in [-0.05, 0) is 60.3 Å². The normalized spacial score (nSPS) is 15.9. The van der Waals surface area contributed by atoms with Crippen molar-refractivity contribution < 1.29 is 9.60 Å². The predicted octanol–water partition coefficient (Wildman–Crippen LogP) is 3.47. The van der Waals surface area contributed by atoms with Crippen LogP contribution in [0.4, 0.5) is 4.39 Å². The first-order chi connectivity index (χ1) is 11.7. The molecule has 0 saturated carbocycles. The van der Waals surface area contributed by atoms with Gasteiger partial charge < -0.3 is 10.5 Å². The van der Waals surface area contributed by atoms with Crippen LogP contribution in [0.5, 0.6) is 0 Å². The molecule has 1 saturated heterocycles. The first kappa shape index (κ1) is 15.1. The second kappa shape index (κ2) is 6.24. The molecule has 1 aromatic heterocycles. The molecule has 124 valence electrons. The second-order valence-corrected chi connectivity index (χ2v) is 6.48. The lowest BCUT2D eigenvalue weighted by atomic mass is 9.89. The van der Waals surface area contributed by atoms with E-state index in [4.69, 9.17) is 0 Å². The second-order valence-electron chi connectivity index (χ2n) is 6.48. The van der Waals surface area contributed by atoms with Gasteiger partial charge in [0.25, 0.3) is 0 Å². The van der Waals surface area contributed by atoms with Gasteiger partial charge in [0.05, 0.1) is 11.9 Å². The average Bonchev–Trinajstić information content (AvgIpc) is 2.95. The Hall–Kier alpha value is -2.40. The van der Waals surface area contributed by atoms with E-state index in [2.05, 4.69) is 10.4 Å². The molecule has 0 spiro atoms. The van der Waals surface area contributed by atoms with Crippen LogP contribution in [0.3, 0.4) is 0 Å². The lowest BCUT2D eigenvalue weighted by Crippen LogP contribution is -2.26. The molecule has 1 aliphatic rings. The summed E-state index contributed by atoms with van der Waals surface area (Å²) in [5.41, 5.74) is 3.10.